The molecule has 2 saturated heterocycles. The second-order valence-electron chi connectivity index (χ2n) is 9.25. The molecular weight excluding hydrogens is 414 g/mol. The zero-order chi connectivity index (χ0) is 22.5. The summed E-state index contributed by atoms with van der Waals surface area (Å²) >= 11 is 0. The van der Waals surface area contributed by atoms with Gasteiger partial charge in [0.15, 0.2) is 0 Å². The van der Waals surface area contributed by atoms with Crippen molar-refractivity contribution in [2.75, 3.05) is 18.0 Å². The van der Waals surface area contributed by atoms with Gasteiger partial charge in [0.2, 0.25) is 11.8 Å². The maximum atomic E-state index is 13.3. The minimum absolute atomic E-state index is 0.153. The van der Waals surface area contributed by atoms with E-state index in [1.54, 1.807) is 4.90 Å². The average molecular weight is 440 g/mol. The van der Waals surface area contributed by atoms with Crippen molar-refractivity contribution < 1.29 is 14.4 Å². The minimum atomic E-state index is -0.649. The Morgan fingerprint density at radius 3 is 2.58 bits per heavy atom. The normalized spacial score (nSPS) is 22.9. The van der Waals surface area contributed by atoms with Crippen LogP contribution in [0.5, 0.6) is 0 Å². The Bertz CT molecular complexity index is 1290. The quantitative estimate of drug-likeness (QED) is 0.631. The summed E-state index contributed by atoms with van der Waals surface area (Å²) in [5.41, 5.74) is 4.02. The number of carbonyl (C=O) groups is 3. The van der Waals surface area contributed by atoms with Crippen molar-refractivity contribution in [1.82, 2.24) is 10.2 Å². The molecule has 0 radical (unpaired) electrons. The number of anilines is 1. The van der Waals surface area contributed by atoms with E-state index in [0.29, 0.717) is 17.9 Å². The van der Waals surface area contributed by atoms with Crippen LogP contribution in [-0.4, -0.2) is 41.8 Å². The number of benzene rings is 3. The summed E-state index contributed by atoms with van der Waals surface area (Å²) in [6.07, 6.45) is 1.68. The lowest BCUT2D eigenvalue weighted by atomic mass is 9.91. The van der Waals surface area contributed by atoms with Gasteiger partial charge in [-0.3, -0.25) is 29.5 Å². The molecule has 2 fully saturated rings. The minimum Gasteiger partial charge on any atom is -0.298 e. The van der Waals surface area contributed by atoms with Crippen LogP contribution in [0.25, 0.3) is 10.8 Å². The third-order valence-corrected chi connectivity index (χ3v) is 7.24. The van der Waals surface area contributed by atoms with Crippen molar-refractivity contribution >= 4 is 34.2 Å². The van der Waals surface area contributed by atoms with Gasteiger partial charge in [-0.1, -0.05) is 48.5 Å². The first-order valence-electron chi connectivity index (χ1n) is 11.6. The molecule has 0 aromatic heterocycles. The van der Waals surface area contributed by atoms with E-state index in [-0.39, 0.29) is 18.2 Å². The van der Waals surface area contributed by atoms with Crippen LogP contribution in [0.2, 0.25) is 0 Å². The predicted octanol–water partition coefficient (Wildman–Crippen LogP) is 3.59. The van der Waals surface area contributed by atoms with Crippen LogP contribution in [0.15, 0.2) is 60.7 Å². The van der Waals surface area contributed by atoms with E-state index < -0.39 is 11.9 Å². The topological polar surface area (TPSA) is 69.7 Å². The maximum absolute atomic E-state index is 13.3. The molecule has 1 N–H and O–H groups in total. The highest BCUT2D eigenvalue weighted by molar-refractivity contribution is 6.27. The van der Waals surface area contributed by atoms with Crippen molar-refractivity contribution in [1.29, 1.82) is 0 Å². The largest absolute Gasteiger partial charge is 0.298 e. The second-order valence-corrected chi connectivity index (χ2v) is 9.25. The number of hydrogen-bond donors (Lipinski definition) is 1. The summed E-state index contributed by atoms with van der Waals surface area (Å²) in [6, 6.07) is 19.9. The Morgan fingerprint density at radius 1 is 0.909 bits per heavy atom. The molecule has 0 spiro atoms. The molecular formula is C27H25N3O3. The Balaban J connectivity index is 1.32. The fourth-order valence-corrected chi connectivity index (χ4v) is 5.69. The number of hydrogen-bond acceptors (Lipinski definition) is 4. The van der Waals surface area contributed by atoms with E-state index in [1.165, 1.54) is 11.1 Å². The Morgan fingerprint density at radius 2 is 1.76 bits per heavy atom. The average Bonchev–Trinajstić information content (AvgIpc) is 3.39. The van der Waals surface area contributed by atoms with Crippen LogP contribution in [0.4, 0.5) is 5.69 Å². The van der Waals surface area contributed by atoms with Crippen molar-refractivity contribution in [3.8, 4) is 0 Å². The summed E-state index contributed by atoms with van der Waals surface area (Å²) in [4.78, 5) is 41.6. The van der Waals surface area contributed by atoms with Gasteiger partial charge in [-0.05, 0) is 54.0 Å². The van der Waals surface area contributed by atoms with E-state index in [1.807, 2.05) is 24.3 Å². The molecule has 0 bridgehead atoms. The number of nitrogens with zero attached hydrogens (tertiary/aromatic N) is 2. The van der Waals surface area contributed by atoms with Gasteiger partial charge >= 0.3 is 0 Å². The first kappa shape index (κ1) is 20.1. The van der Waals surface area contributed by atoms with E-state index >= 15 is 0 Å². The fourth-order valence-electron chi connectivity index (χ4n) is 5.69. The van der Waals surface area contributed by atoms with Gasteiger partial charge in [0.1, 0.15) is 6.04 Å². The van der Waals surface area contributed by atoms with Gasteiger partial charge < -0.3 is 0 Å². The van der Waals surface area contributed by atoms with Crippen LogP contribution in [0.3, 0.4) is 0 Å². The molecule has 6 heteroatoms. The molecule has 3 aromatic carbocycles. The summed E-state index contributed by atoms with van der Waals surface area (Å²) in [6.45, 7) is 2.97. The lowest BCUT2D eigenvalue weighted by molar-refractivity contribution is -0.134. The molecule has 3 heterocycles. The third kappa shape index (κ3) is 3.33. The van der Waals surface area contributed by atoms with E-state index in [2.05, 4.69) is 46.6 Å². The van der Waals surface area contributed by atoms with Gasteiger partial charge in [0, 0.05) is 30.5 Å². The van der Waals surface area contributed by atoms with Gasteiger partial charge in [0.25, 0.3) is 5.91 Å². The number of imide groups is 1. The standard InChI is InChI=1S/C27H25N3O3/c31-24-12-11-23(26(32)28-24)30-22-8-4-7-20-19(9-10-21(25(20)22)27(30)33)18-13-14-29(16-18)15-17-5-2-1-3-6-17/h1-10,18,23H,11-16H2,(H,28,31,32). The maximum Gasteiger partial charge on any atom is 0.259 e. The molecule has 3 aromatic rings. The molecule has 0 aliphatic carbocycles. The number of likely N-dealkylation sites (tertiary alicyclic amines) is 1. The molecule has 6 nitrogen and oxygen atoms in total. The van der Waals surface area contributed by atoms with E-state index in [9.17, 15) is 14.4 Å². The zero-order valence-electron chi connectivity index (χ0n) is 18.3. The highest BCUT2D eigenvalue weighted by Crippen LogP contribution is 2.43. The summed E-state index contributed by atoms with van der Waals surface area (Å²) < 4.78 is 0. The summed E-state index contributed by atoms with van der Waals surface area (Å²) in [5, 5.41) is 4.42. The fraction of sp³-hybridized carbons (Fsp3) is 0.296. The number of carbonyl (C=O) groups excluding carboxylic acids is 3. The van der Waals surface area contributed by atoms with E-state index in [0.717, 1.165) is 42.5 Å². The van der Waals surface area contributed by atoms with Crippen molar-refractivity contribution in [3.63, 3.8) is 0 Å². The molecule has 2 unspecified atom stereocenters. The predicted molar refractivity (Wildman–Crippen MR) is 126 cm³/mol. The highest BCUT2D eigenvalue weighted by Gasteiger charge is 2.41. The smallest absolute Gasteiger partial charge is 0.259 e. The molecule has 3 amide bonds. The third-order valence-electron chi connectivity index (χ3n) is 7.24. The van der Waals surface area contributed by atoms with Crippen molar-refractivity contribution in [2.24, 2.45) is 0 Å². The van der Waals surface area contributed by atoms with Gasteiger partial charge in [-0.2, -0.15) is 0 Å². The first-order valence-corrected chi connectivity index (χ1v) is 11.6. The Hall–Kier alpha value is -3.51. The van der Waals surface area contributed by atoms with Crippen molar-refractivity contribution in [2.45, 2.75) is 37.8 Å². The molecule has 0 saturated carbocycles. The number of rotatable bonds is 4. The molecule has 166 valence electrons. The molecule has 6 rings (SSSR count). The first-order chi connectivity index (χ1) is 16.1. The summed E-state index contributed by atoms with van der Waals surface area (Å²) in [5.74, 6) is -0.420. The van der Waals surface area contributed by atoms with Gasteiger partial charge in [0.05, 0.1) is 5.69 Å². The van der Waals surface area contributed by atoms with Crippen LogP contribution in [-0.2, 0) is 16.1 Å². The van der Waals surface area contributed by atoms with Gasteiger partial charge in [-0.15, -0.1) is 0 Å². The van der Waals surface area contributed by atoms with Crippen molar-refractivity contribution in [3.05, 3.63) is 77.4 Å². The Kier molecular flexibility index (Phi) is 4.76. The molecule has 2 atom stereocenters. The van der Waals surface area contributed by atoms with Crippen LogP contribution in [0, 0.1) is 0 Å². The van der Waals surface area contributed by atoms with E-state index in [4.69, 9.17) is 0 Å². The van der Waals surface area contributed by atoms with Crippen LogP contribution in [0.1, 0.15) is 46.7 Å². The monoisotopic (exact) mass is 439 g/mol. The molecule has 33 heavy (non-hydrogen) atoms. The highest BCUT2D eigenvalue weighted by atomic mass is 16.2. The second kappa shape index (κ2) is 7.81. The summed E-state index contributed by atoms with van der Waals surface area (Å²) in [7, 11) is 0. The number of amides is 3. The van der Waals surface area contributed by atoms with Crippen LogP contribution < -0.4 is 10.2 Å². The van der Waals surface area contributed by atoms with Crippen LogP contribution >= 0.6 is 0 Å². The number of nitrogens with one attached hydrogen (secondary N) is 1. The Labute approximate surface area is 192 Å². The number of piperidine rings is 1. The zero-order valence-corrected chi connectivity index (χ0v) is 18.3. The lowest BCUT2D eigenvalue weighted by Crippen LogP contribution is -2.53. The lowest BCUT2D eigenvalue weighted by Gasteiger charge is -2.30. The molecule has 3 aliphatic heterocycles. The molecule has 3 aliphatic rings. The SMILES string of the molecule is O=C1CCC(N2C(=O)c3ccc(C4CCN(Cc5ccccc5)C4)c4cccc2c34)C(=O)N1. The van der Waals surface area contributed by atoms with Gasteiger partial charge in [-0.25, -0.2) is 0 Å².